The van der Waals surface area contributed by atoms with Gasteiger partial charge in [-0.05, 0) is 120 Å². The Kier molecular flexibility index (Phi) is 8.36. The van der Waals surface area contributed by atoms with Gasteiger partial charge < -0.3 is 14.6 Å². The van der Waals surface area contributed by atoms with Crippen LogP contribution in [0.15, 0.2) is 18.2 Å². The minimum atomic E-state index is -1.07. The largest absolute Gasteiger partial charge is 0.478 e. The van der Waals surface area contributed by atoms with Crippen LogP contribution in [0.5, 0.6) is 11.5 Å². The molecule has 5 aliphatic rings. The van der Waals surface area contributed by atoms with E-state index in [-0.39, 0.29) is 44.1 Å². The number of benzene rings is 1. The lowest BCUT2D eigenvalue weighted by Crippen LogP contribution is -2.56. The van der Waals surface area contributed by atoms with Crippen LogP contribution >= 0.6 is 0 Å². The van der Waals surface area contributed by atoms with Crippen molar-refractivity contribution in [2.45, 2.75) is 133 Å². The van der Waals surface area contributed by atoms with Gasteiger partial charge in [0.15, 0.2) is 11.5 Å². The number of carbonyl (C=O) groups is 3. The molecule has 0 aliphatic heterocycles. The lowest BCUT2D eigenvalue weighted by Gasteiger charge is -2.63. The van der Waals surface area contributed by atoms with Crippen LogP contribution in [0.3, 0.4) is 0 Å². The standard InChI is InChI=1S/C41H58O6/c1-24(2)11-10-12-25(3)29-18-20-39(9)33-16-15-32-37(6,7)19-17-30(41(32)23-40(33,41)22-21-38(29,39)8)34-28(36(44)45)13-14-31(46-26(4)42)35(34)47-27(5)43/h13-14,17,24-25,29,32-33H,10-12,15-16,18-23H2,1-9H3,(H,44,45)/t25-,29-,32+,33+,38-,39+,40+,41+/m1/s1. The normalized spacial score (nSPS) is 37.1. The average Bonchev–Trinajstić information content (AvgIpc) is 3.56. The molecule has 4 fully saturated rings. The van der Waals surface area contributed by atoms with E-state index in [0.29, 0.717) is 17.4 Å². The first-order valence-electron chi connectivity index (χ1n) is 18.4. The number of carboxylic acid groups (broad SMARTS) is 1. The fraction of sp³-hybridized carbons (Fsp3) is 0.732. The van der Waals surface area contributed by atoms with Gasteiger partial charge in [0.25, 0.3) is 0 Å². The molecule has 47 heavy (non-hydrogen) atoms. The minimum Gasteiger partial charge on any atom is -0.478 e. The third kappa shape index (κ3) is 4.96. The number of hydrogen-bond donors (Lipinski definition) is 1. The van der Waals surface area contributed by atoms with Gasteiger partial charge in [0.05, 0.1) is 5.56 Å². The van der Waals surface area contributed by atoms with E-state index in [0.717, 1.165) is 49.0 Å². The van der Waals surface area contributed by atoms with Gasteiger partial charge in [-0.1, -0.05) is 73.8 Å². The van der Waals surface area contributed by atoms with Gasteiger partial charge in [-0.15, -0.1) is 0 Å². The molecular formula is C41H58O6. The number of fused-ring (bicyclic) bond motifs is 2. The topological polar surface area (TPSA) is 89.9 Å². The average molecular weight is 647 g/mol. The van der Waals surface area contributed by atoms with Gasteiger partial charge in [-0.25, -0.2) is 4.79 Å². The molecule has 1 aromatic carbocycles. The van der Waals surface area contributed by atoms with E-state index in [9.17, 15) is 19.5 Å². The monoisotopic (exact) mass is 646 g/mol. The molecule has 1 aromatic rings. The number of aromatic carboxylic acids is 1. The molecule has 0 aromatic heterocycles. The summed E-state index contributed by atoms with van der Waals surface area (Å²) in [7, 11) is 0. The summed E-state index contributed by atoms with van der Waals surface area (Å²) >= 11 is 0. The molecule has 0 radical (unpaired) electrons. The molecule has 6 rings (SSSR count). The quantitative estimate of drug-likeness (QED) is 0.212. The predicted molar refractivity (Wildman–Crippen MR) is 184 cm³/mol. The molecule has 5 aliphatic carbocycles. The number of esters is 2. The summed E-state index contributed by atoms with van der Waals surface area (Å²) in [5, 5.41) is 10.6. The van der Waals surface area contributed by atoms with Crippen molar-refractivity contribution in [3.8, 4) is 11.5 Å². The molecule has 0 saturated heterocycles. The third-order valence-electron chi connectivity index (χ3n) is 14.8. The molecule has 4 saturated carbocycles. The van der Waals surface area contributed by atoms with Gasteiger partial charge >= 0.3 is 17.9 Å². The number of ether oxygens (including phenoxy) is 2. The summed E-state index contributed by atoms with van der Waals surface area (Å²) in [6.07, 6.45) is 15.3. The van der Waals surface area contributed by atoms with E-state index in [1.807, 2.05) is 0 Å². The van der Waals surface area contributed by atoms with E-state index >= 15 is 0 Å². The zero-order valence-electron chi connectivity index (χ0n) is 30.4. The highest BCUT2D eigenvalue weighted by Crippen LogP contribution is 2.90. The molecule has 0 unspecified atom stereocenters. The Bertz CT molecular complexity index is 1500. The molecule has 2 spiro atoms. The first kappa shape index (κ1) is 34.2. The summed E-state index contributed by atoms with van der Waals surface area (Å²) < 4.78 is 11.4. The first-order chi connectivity index (χ1) is 21.9. The van der Waals surface area contributed by atoms with E-state index < -0.39 is 17.9 Å². The highest BCUT2D eigenvalue weighted by Gasteiger charge is 2.83. The van der Waals surface area contributed by atoms with Crippen LogP contribution in [-0.2, 0) is 9.59 Å². The van der Waals surface area contributed by atoms with Crippen molar-refractivity contribution in [1.29, 1.82) is 0 Å². The second-order valence-corrected chi connectivity index (χ2v) is 17.9. The Morgan fingerprint density at radius 3 is 2.19 bits per heavy atom. The van der Waals surface area contributed by atoms with Crippen molar-refractivity contribution in [2.24, 2.45) is 56.7 Å². The number of rotatable bonds is 9. The summed E-state index contributed by atoms with van der Waals surface area (Å²) in [4.78, 5) is 37.6. The number of hydrogen-bond acceptors (Lipinski definition) is 5. The summed E-state index contributed by atoms with van der Waals surface area (Å²) in [5.41, 5.74) is 1.97. The SMILES string of the molecule is CC(=O)Oc1ccc(C(=O)O)c(C2=CCC(C)(C)[C@@H]3CC[C@@H]4[C@]5(CC[C@]6(C)[C@@H]([C@H](C)CCCC(C)C)CC[C@@]46C)C[C@]235)c1OC(C)=O. The summed E-state index contributed by atoms with van der Waals surface area (Å²) in [6, 6.07) is 2.97. The van der Waals surface area contributed by atoms with Crippen molar-refractivity contribution in [3.63, 3.8) is 0 Å². The Hall–Kier alpha value is -2.63. The minimum absolute atomic E-state index is 0.0568. The van der Waals surface area contributed by atoms with Crippen molar-refractivity contribution >= 4 is 23.5 Å². The van der Waals surface area contributed by atoms with Crippen molar-refractivity contribution in [3.05, 3.63) is 29.3 Å². The van der Waals surface area contributed by atoms with Gasteiger partial charge in [0.2, 0.25) is 0 Å². The molecular weight excluding hydrogens is 588 g/mol. The Balaban J connectivity index is 1.46. The fourth-order valence-electron chi connectivity index (χ4n) is 12.7. The third-order valence-corrected chi connectivity index (χ3v) is 14.8. The smallest absolute Gasteiger partial charge is 0.336 e. The molecule has 258 valence electrons. The Morgan fingerprint density at radius 1 is 0.872 bits per heavy atom. The molecule has 6 nitrogen and oxygen atoms in total. The van der Waals surface area contributed by atoms with E-state index in [1.54, 1.807) is 0 Å². The number of carbonyl (C=O) groups excluding carboxylic acids is 2. The lowest BCUT2D eigenvalue weighted by molar-refractivity contribution is -0.134. The summed E-state index contributed by atoms with van der Waals surface area (Å²) in [5.74, 6) is 1.12. The molecule has 0 heterocycles. The highest BCUT2D eigenvalue weighted by molar-refractivity contribution is 5.99. The number of carboxylic acids is 1. The number of allylic oxidation sites excluding steroid dienone is 2. The Labute approximate surface area is 282 Å². The van der Waals surface area contributed by atoms with Gasteiger partial charge in [0.1, 0.15) is 0 Å². The van der Waals surface area contributed by atoms with Gasteiger partial charge in [-0.3, -0.25) is 9.59 Å². The van der Waals surface area contributed by atoms with Gasteiger partial charge in [0, 0.05) is 24.8 Å². The summed E-state index contributed by atoms with van der Waals surface area (Å²) in [6.45, 7) is 19.8. The van der Waals surface area contributed by atoms with Crippen molar-refractivity contribution < 1.29 is 29.0 Å². The van der Waals surface area contributed by atoms with E-state index in [2.05, 4.69) is 54.5 Å². The second kappa shape index (κ2) is 11.5. The van der Waals surface area contributed by atoms with Crippen molar-refractivity contribution in [1.82, 2.24) is 0 Å². The van der Waals surface area contributed by atoms with Crippen LogP contribution < -0.4 is 9.47 Å². The van der Waals surface area contributed by atoms with Crippen LogP contribution in [0, 0.1) is 56.7 Å². The highest BCUT2D eigenvalue weighted by atomic mass is 16.6. The maximum atomic E-state index is 12.9. The van der Waals surface area contributed by atoms with E-state index in [4.69, 9.17) is 9.47 Å². The molecule has 1 N–H and O–H groups in total. The zero-order valence-corrected chi connectivity index (χ0v) is 30.4. The van der Waals surface area contributed by atoms with Crippen LogP contribution in [0.4, 0.5) is 0 Å². The molecule has 0 bridgehead atoms. The molecule has 6 heteroatoms. The second-order valence-electron chi connectivity index (χ2n) is 17.9. The molecule has 8 atom stereocenters. The Morgan fingerprint density at radius 2 is 1.55 bits per heavy atom. The van der Waals surface area contributed by atoms with Gasteiger partial charge in [-0.2, -0.15) is 0 Å². The fourth-order valence-corrected chi connectivity index (χ4v) is 12.7. The zero-order chi connectivity index (χ0) is 34.3. The van der Waals surface area contributed by atoms with E-state index in [1.165, 1.54) is 70.9 Å². The van der Waals surface area contributed by atoms with Crippen LogP contribution in [0.25, 0.3) is 5.57 Å². The predicted octanol–water partition coefficient (Wildman–Crippen LogP) is 10.1. The van der Waals surface area contributed by atoms with Crippen molar-refractivity contribution in [2.75, 3.05) is 0 Å². The lowest BCUT2D eigenvalue weighted by atomic mass is 9.41. The van der Waals surface area contributed by atoms with Crippen LogP contribution in [0.2, 0.25) is 0 Å². The maximum Gasteiger partial charge on any atom is 0.336 e. The first-order valence-corrected chi connectivity index (χ1v) is 18.4. The van der Waals surface area contributed by atoms with Crippen LogP contribution in [0.1, 0.15) is 149 Å². The maximum absolute atomic E-state index is 12.9. The van der Waals surface area contributed by atoms with Crippen LogP contribution in [-0.4, -0.2) is 23.0 Å². The molecule has 0 amide bonds.